The van der Waals surface area contributed by atoms with E-state index in [0.29, 0.717) is 17.5 Å². The number of hydrogen-bond acceptors (Lipinski definition) is 6. The molecule has 0 atom stereocenters. The third-order valence-electron chi connectivity index (χ3n) is 4.87. The molecule has 0 saturated heterocycles. The standard InChI is InChI=1S/C20H23N5OS2/c26-19(22-15-6-4-10-21-13-15)14-28-20-24-23-18(12-17-9-5-11-27-17)25(20)16-7-2-1-3-8-16/h4-6,9-11,13,16H,1-3,7-8,12,14H2,(H,22,26). The van der Waals surface area contributed by atoms with E-state index in [1.54, 1.807) is 29.8 Å². The van der Waals surface area contributed by atoms with E-state index in [9.17, 15) is 4.79 Å². The third-order valence-corrected chi connectivity index (χ3v) is 6.68. The first kappa shape index (κ1) is 19.1. The van der Waals surface area contributed by atoms with Gasteiger partial charge in [-0.25, -0.2) is 0 Å². The smallest absolute Gasteiger partial charge is 0.234 e. The van der Waals surface area contributed by atoms with Gasteiger partial charge in [0.05, 0.1) is 17.6 Å². The number of aromatic nitrogens is 4. The van der Waals surface area contributed by atoms with Crippen LogP contribution in [-0.2, 0) is 11.2 Å². The second-order valence-electron chi connectivity index (χ2n) is 6.90. The molecule has 3 heterocycles. The van der Waals surface area contributed by atoms with Gasteiger partial charge in [0.1, 0.15) is 5.82 Å². The highest BCUT2D eigenvalue weighted by Crippen LogP contribution is 2.33. The Bertz CT molecular complexity index is 889. The average molecular weight is 414 g/mol. The molecule has 0 unspecified atom stereocenters. The molecule has 6 nitrogen and oxygen atoms in total. The maximum absolute atomic E-state index is 12.3. The Balaban J connectivity index is 1.47. The van der Waals surface area contributed by atoms with Crippen LogP contribution in [0.1, 0.15) is 48.8 Å². The molecule has 1 amide bonds. The van der Waals surface area contributed by atoms with Crippen LogP contribution in [0.5, 0.6) is 0 Å². The summed E-state index contributed by atoms with van der Waals surface area (Å²) in [5.74, 6) is 1.25. The fourth-order valence-electron chi connectivity index (χ4n) is 3.57. The Kier molecular flexibility index (Phi) is 6.38. The van der Waals surface area contributed by atoms with Gasteiger partial charge in [-0.2, -0.15) is 0 Å². The number of amides is 1. The molecule has 0 aromatic carbocycles. The van der Waals surface area contributed by atoms with Crippen molar-refractivity contribution in [2.75, 3.05) is 11.1 Å². The second-order valence-corrected chi connectivity index (χ2v) is 8.87. The van der Waals surface area contributed by atoms with Crippen LogP contribution in [0.3, 0.4) is 0 Å². The number of nitrogens with one attached hydrogen (secondary N) is 1. The minimum absolute atomic E-state index is 0.0593. The fraction of sp³-hybridized carbons (Fsp3) is 0.400. The van der Waals surface area contributed by atoms with Crippen LogP contribution in [0, 0.1) is 0 Å². The summed E-state index contributed by atoms with van der Waals surface area (Å²) in [6.07, 6.45) is 10.2. The van der Waals surface area contributed by atoms with E-state index >= 15 is 0 Å². The fourth-order valence-corrected chi connectivity index (χ4v) is 5.09. The summed E-state index contributed by atoms with van der Waals surface area (Å²) in [5, 5.41) is 14.7. The highest BCUT2D eigenvalue weighted by Gasteiger charge is 2.23. The highest BCUT2D eigenvalue weighted by molar-refractivity contribution is 7.99. The molecule has 28 heavy (non-hydrogen) atoms. The van der Waals surface area contributed by atoms with Gasteiger partial charge >= 0.3 is 0 Å². The van der Waals surface area contributed by atoms with Crippen molar-refractivity contribution in [2.24, 2.45) is 0 Å². The highest BCUT2D eigenvalue weighted by atomic mass is 32.2. The lowest BCUT2D eigenvalue weighted by Gasteiger charge is -2.25. The van der Waals surface area contributed by atoms with Gasteiger partial charge in [0.2, 0.25) is 5.91 Å². The van der Waals surface area contributed by atoms with E-state index in [-0.39, 0.29) is 5.91 Å². The van der Waals surface area contributed by atoms with Gasteiger partial charge < -0.3 is 9.88 Å². The molecule has 1 aliphatic rings. The first-order valence-electron chi connectivity index (χ1n) is 9.58. The van der Waals surface area contributed by atoms with Crippen LogP contribution >= 0.6 is 23.1 Å². The van der Waals surface area contributed by atoms with E-state index in [1.807, 2.05) is 6.07 Å². The maximum Gasteiger partial charge on any atom is 0.234 e. The van der Waals surface area contributed by atoms with Crippen LogP contribution < -0.4 is 5.32 Å². The Morgan fingerprint density at radius 3 is 2.86 bits per heavy atom. The summed E-state index contributed by atoms with van der Waals surface area (Å²) in [5.41, 5.74) is 0.709. The molecule has 0 bridgehead atoms. The summed E-state index contributed by atoms with van der Waals surface area (Å²) in [6.45, 7) is 0. The molecule has 1 fully saturated rings. The molecular weight excluding hydrogens is 390 g/mol. The predicted octanol–water partition coefficient (Wildman–Crippen LogP) is 4.56. The van der Waals surface area contributed by atoms with Crippen molar-refractivity contribution >= 4 is 34.7 Å². The number of anilines is 1. The molecule has 3 aromatic heterocycles. The topological polar surface area (TPSA) is 72.7 Å². The van der Waals surface area contributed by atoms with E-state index in [0.717, 1.165) is 30.2 Å². The van der Waals surface area contributed by atoms with Gasteiger partial charge in [-0.15, -0.1) is 21.5 Å². The third kappa shape index (κ3) is 4.80. The summed E-state index contributed by atoms with van der Waals surface area (Å²) < 4.78 is 2.29. The molecule has 0 radical (unpaired) electrons. The minimum Gasteiger partial charge on any atom is -0.324 e. The molecule has 0 aliphatic heterocycles. The Hall–Kier alpha value is -2.19. The number of pyridine rings is 1. The molecule has 1 aliphatic carbocycles. The zero-order chi connectivity index (χ0) is 19.2. The number of hydrogen-bond donors (Lipinski definition) is 1. The Labute approximate surface area is 172 Å². The number of carbonyl (C=O) groups is 1. The Morgan fingerprint density at radius 1 is 1.21 bits per heavy atom. The minimum atomic E-state index is -0.0593. The molecule has 1 N–H and O–H groups in total. The van der Waals surface area contributed by atoms with Crippen molar-refractivity contribution < 1.29 is 4.79 Å². The van der Waals surface area contributed by atoms with E-state index < -0.39 is 0 Å². The van der Waals surface area contributed by atoms with E-state index in [2.05, 4.69) is 42.6 Å². The van der Waals surface area contributed by atoms with Gasteiger partial charge in [0, 0.05) is 23.5 Å². The number of rotatable bonds is 7. The molecular formula is C20H23N5OS2. The van der Waals surface area contributed by atoms with Crippen LogP contribution in [0.2, 0.25) is 0 Å². The van der Waals surface area contributed by atoms with Gasteiger partial charge in [-0.1, -0.05) is 37.1 Å². The maximum atomic E-state index is 12.3. The molecule has 1 saturated carbocycles. The SMILES string of the molecule is O=C(CSc1nnc(Cc2cccs2)n1C1CCCCC1)Nc1cccnc1. The first-order chi connectivity index (χ1) is 13.8. The molecule has 8 heteroatoms. The Morgan fingerprint density at radius 2 is 2.11 bits per heavy atom. The van der Waals surface area contributed by atoms with Crippen LogP contribution in [0.15, 0.2) is 47.2 Å². The zero-order valence-electron chi connectivity index (χ0n) is 15.6. The second kappa shape index (κ2) is 9.34. The lowest BCUT2D eigenvalue weighted by Crippen LogP contribution is -2.18. The summed E-state index contributed by atoms with van der Waals surface area (Å²) >= 11 is 3.21. The lowest BCUT2D eigenvalue weighted by molar-refractivity contribution is -0.113. The summed E-state index contributed by atoms with van der Waals surface area (Å²) in [6, 6.07) is 8.28. The number of thiophene rings is 1. The molecule has 0 spiro atoms. The predicted molar refractivity (Wildman–Crippen MR) is 113 cm³/mol. The quantitative estimate of drug-likeness (QED) is 0.575. The van der Waals surface area contributed by atoms with E-state index in [1.165, 1.54) is 35.9 Å². The van der Waals surface area contributed by atoms with Gasteiger partial charge in [-0.05, 0) is 36.4 Å². The van der Waals surface area contributed by atoms with Crippen molar-refractivity contribution in [3.05, 3.63) is 52.7 Å². The van der Waals surface area contributed by atoms with Crippen molar-refractivity contribution in [3.8, 4) is 0 Å². The normalized spacial score (nSPS) is 14.9. The number of thioether (sulfide) groups is 1. The van der Waals surface area contributed by atoms with Crippen molar-refractivity contribution in [3.63, 3.8) is 0 Å². The lowest BCUT2D eigenvalue weighted by atomic mass is 9.95. The van der Waals surface area contributed by atoms with Crippen molar-refractivity contribution in [1.82, 2.24) is 19.7 Å². The monoisotopic (exact) mass is 413 g/mol. The number of nitrogens with zero attached hydrogens (tertiary/aromatic N) is 4. The van der Waals surface area contributed by atoms with Crippen LogP contribution in [-0.4, -0.2) is 31.4 Å². The first-order valence-corrected chi connectivity index (χ1v) is 11.4. The van der Waals surface area contributed by atoms with Crippen LogP contribution in [0.4, 0.5) is 5.69 Å². The van der Waals surface area contributed by atoms with Gasteiger partial charge in [-0.3, -0.25) is 9.78 Å². The van der Waals surface area contributed by atoms with Gasteiger partial charge in [0.15, 0.2) is 5.16 Å². The molecule has 3 aromatic rings. The summed E-state index contributed by atoms with van der Waals surface area (Å²) in [7, 11) is 0. The van der Waals surface area contributed by atoms with Gasteiger partial charge in [0.25, 0.3) is 0 Å². The summed E-state index contributed by atoms with van der Waals surface area (Å²) in [4.78, 5) is 17.6. The van der Waals surface area contributed by atoms with Crippen LogP contribution in [0.25, 0.3) is 0 Å². The molecule has 146 valence electrons. The zero-order valence-corrected chi connectivity index (χ0v) is 17.2. The van der Waals surface area contributed by atoms with Crippen molar-refractivity contribution in [2.45, 2.75) is 49.7 Å². The molecule has 4 rings (SSSR count). The largest absolute Gasteiger partial charge is 0.324 e. The average Bonchev–Trinajstić information content (AvgIpc) is 3.38. The van der Waals surface area contributed by atoms with Crippen molar-refractivity contribution in [1.29, 1.82) is 0 Å². The number of carbonyl (C=O) groups excluding carboxylic acids is 1. The van der Waals surface area contributed by atoms with E-state index in [4.69, 9.17) is 0 Å².